The fourth-order valence-electron chi connectivity index (χ4n) is 7.26. The van der Waals surface area contributed by atoms with E-state index in [0.29, 0.717) is 6.17 Å². The summed E-state index contributed by atoms with van der Waals surface area (Å²) in [5.74, 6) is 0. The molecule has 0 spiro atoms. The molecule has 1 heterocycles. The molecule has 2 rings (SSSR count). The quantitative estimate of drug-likeness (QED) is 0.0720. The van der Waals surface area contributed by atoms with E-state index in [-0.39, 0.29) is 0 Å². The molecule has 1 atom stereocenters. The van der Waals surface area contributed by atoms with E-state index in [4.69, 9.17) is 0 Å². The fraction of sp³-hybridized carbons (Fsp3) is 0.814. The molecule has 1 aliphatic rings. The minimum absolute atomic E-state index is 0.393. The van der Waals surface area contributed by atoms with Gasteiger partial charge in [-0.15, -0.1) is 0 Å². The summed E-state index contributed by atoms with van der Waals surface area (Å²) in [5, 5.41) is 0. The smallest absolute Gasteiger partial charge is 0.127 e. The van der Waals surface area contributed by atoms with Gasteiger partial charge in [0.25, 0.3) is 0 Å². The van der Waals surface area contributed by atoms with Gasteiger partial charge in [0.05, 0.1) is 0 Å². The monoisotopic (exact) mass is 623 g/mol. The van der Waals surface area contributed by atoms with E-state index in [9.17, 15) is 0 Å². The van der Waals surface area contributed by atoms with Crippen LogP contribution < -0.4 is 0 Å². The fourth-order valence-corrected chi connectivity index (χ4v) is 7.26. The lowest BCUT2D eigenvalue weighted by molar-refractivity contribution is 0.149. The van der Waals surface area contributed by atoms with E-state index in [1.54, 1.807) is 0 Å². The first-order valence-electron chi connectivity index (χ1n) is 20.6. The average Bonchev–Trinajstić information content (AvgIpc) is 3.47. The van der Waals surface area contributed by atoms with Gasteiger partial charge < -0.3 is 9.80 Å². The Kier molecular flexibility index (Phi) is 26.4. The van der Waals surface area contributed by atoms with Crippen LogP contribution in [0.3, 0.4) is 0 Å². The summed E-state index contributed by atoms with van der Waals surface area (Å²) in [7, 11) is 0. The van der Waals surface area contributed by atoms with Gasteiger partial charge in [0, 0.05) is 25.5 Å². The Hall–Kier alpha value is -1.44. The molecule has 0 bridgehead atoms. The van der Waals surface area contributed by atoms with E-state index in [1.807, 2.05) is 0 Å². The Bertz CT molecular complexity index is 758. The maximum absolute atomic E-state index is 2.61. The van der Waals surface area contributed by atoms with Crippen LogP contribution in [0.15, 0.2) is 42.7 Å². The molecular weight excluding hydrogens is 544 g/mol. The highest BCUT2D eigenvalue weighted by molar-refractivity contribution is 5.21. The molecule has 2 heteroatoms. The second-order valence-corrected chi connectivity index (χ2v) is 14.5. The van der Waals surface area contributed by atoms with E-state index in [0.717, 1.165) is 0 Å². The van der Waals surface area contributed by atoms with E-state index in [2.05, 4.69) is 66.4 Å². The third-order valence-corrected chi connectivity index (χ3v) is 10.2. The van der Waals surface area contributed by atoms with Gasteiger partial charge in [0.2, 0.25) is 0 Å². The zero-order valence-corrected chi connectivity index (χ0v) is 30.6. The molecule has 1 aliphatic heterocycles. The highest BCUT2D eigenvalue weighted by Crippen LogP contribution is 2.31. The number of hydrogen-bond acceptors (Lipinski definition) is 2. The molecule has 0 radical (unpaired) electrons. The summed E-state index contributed by atoms with van der Waals surface area (Å²) in [6.45, 7) is 6.98. The Morgan fingerprint density at radius 1 is 0.356 bits per heavy atom. The van der Waals surface area contributed by atoms with Crippen molar-refractivity contribution in [1.82, 2.24) is 9.80 Å². The topological polar surface area (TPSA) is 6.48 Å². The first kappa shape index (κ1) is 39.7. The first-order valence-corrected chi connectivity index (χ1v) is 20.6. The lowest BCUT2D eigenvalue weighted by Crippen LogP contribution is -2.32. The summed E-state index contributed by atoms with van der Waals surface area (Å²) in [6.07, 6.45) is 48.1. The van der Waals surface area contributed by atoms with E-state index in [1.165, 1.54) is 211 Å². The number of nitrogens with zero attached hydrogens (tertiary/aromatic N) is 2. The van der Waals surface area contributed by atoms with Crippen LogP contribution in [0.5, 0.6) is 0 Å². The molecule has 0 amide bonds. The molecule has 0 N–H and O–H groups in total. The van der Waals surface area contributed by atoms with Crippen LogP contribution in [0.25, 0.3) is 0 Å². The van der Waals surface area contributed by atoms with Crippen molar-refractivity contribution in [3.8, 4) is 0 Å². The standard InChI is InChI=1S/C43H78N2/c1-3-5-7-9-11-13-15-17-18-19-20-22-24-26-28-30-35-39-45-41-40-44(43(45)42-36-32-31-33-37-42)38-34-29-27-25-23-21-16-14-12-10-8-6-4-2/h31-33,36-37,40-41,43H,3-30,34-35,38-39H2,1-2H3. The zero-order chi connectivity index (χ0) is 31.9. The van der Waals surface area contributed by atoms with Crippen LogP contribution in [0, 0.1) is 0 Å². The number of unbranched alkanes of at least 4 members (excludes halogenated alkanes) is 28. The third kappa shape index (κ3) is 21.1. The summed E-state index contributed by atoms with van der Waals surface area (Å²) in [6, 6.07) is 11.2. The maximum atomic E-state index is 2.61. The summed E-state index contributed by atoms with van der Waals surface area (Å²) >= 11 is 0. The first-order chi connectivity index (χ1) is 22.4. The SMILES string of the molecule is CCCCCCCCCCCCCCCCCCCN1C=CN(CCCCCCCCCCCCCCC)C1c1ccccc1. The van der Waals surface area contributed by atoms with Crippen molar-refractivity contribution in [3.63, 3.8) is 0 Å². The molecular formula is C43H78N2. The number of rotatable bonds is 33. The molecule has 2 nitrogen and oxygen atoms in total. The Labute approximate surface area is 283 Å². The van der Waals surface area contributed by atoms with Crippen molar-refractivity contribution in [2.24, 2.45) is 0 Å². The molecule has 0 fully saturated rings. The van der Waals surface area contributed by atoms with Gasteiger partial charge in [-0.2, -0.15) is 0 Å². The van der Waals surface area contributed by atoms with E-state index >= 15 is 0 Å². The second-order valence-electron chi connectivity index (χ2n) is 14.5. The zero-order valence-electron chi connectivity index (χ0n) is 30.6. The predicted octanol–water partition coefficient (Wildman–Crippen LogP) is 14.5. The molecule has 45 heavy (non-hydrogen) atoms. The normalized spacial score (nSPS) is 14.7. The largest absolute Gasteiger partial charge is 0.352 e. The van der Waals surface area contributed by atoms with Crippen LogP contribution in [-0.4, -0.2) is 22.9 Å². The lowest BCUT2D eigenvalue weighted by Gasteiger charge is -2.33. The van der Waals surface area contributed by atoms with Gasteiger partial charge >= 0.3 is 0 Å². The minimum Gasteiger partial charge on any atom is -0.352 e. The Morgan fingerprint density at radius 2 is 0.622 bits per heavy atom. The highest BCUT2D eigenvalue weighted by atomic mass is 15.4. The molecule has 1 aromatic carbocycles. The molecule has 0 saturated heterocycles. The van der Waals surface area contributed by atoms with Crippen LogP contribution in [0.4, 0.5) is 0 Å². The van der Waals surface area contributed by atoms with Gasteiger partial charge in [0.15, 0.2) is 0 Å². The van der Waals surface area contributed by atoms with Gasteiger partial charge in [-0.25, -0.2) is 0 Å². The van der Waals surface area contributed by atoms with Gasteiger partial charge in [-0.1, -0.05) is 224 Å². The van der Waals surface area contributed by atoms with Gasteiger partial charge in [0.1, 0.15) is 6.17 Å². The lowest BCUT2D eigenvalue weighted by atomic mass is 10.0. The summed E-state index contributed by atoms with van der Waals surface area (Å²) < 4.78 is 0. The Morgan fingerprint density at radius 3 is 0.911 bits per heavy atom. The van der Waals surface area contributed by atoms with Gasteiger partial charge in [-0.3, -0.25) is 0 Å². The van der Waals surface area contributed by atoms with Crippen molar-refractivity contribution in [3.05, 3.63) is 48.3 Å². The summed E-state index contributed by atoms with van der Waals surface area (Å²) in [4.78, 5) is 5.23. The predicted molar refractivity (Wildman–Crippen MR) is 202 cm³/mol. The van der Waals surface area contributed by atoms with Crippen molar-refractivity contribution in [1.29, 1.82) is 0 Å². The minimum atomic E-state index is 0.393. The highest BCUT2D eigenvalue weighted by Gasteiger charge is 2.26. The van der Waals surface area contributed by atoms with Crippen molar-refractivity contribution < 1.29 is 0 Å². The molecule has 0 aromatic heterocycles. The van der Waals surface area contributed by atoms with Crippen LogP contribution in [-0.2, 0) is 0 Å². The molecule has 260 valence electrons. The molecule has 0 aliphatic carbocycles. The molecule has 0 saturated carbocycles. The second kappa shape index (κ2) is 29.9. The molecule has 1 unspecified atom stereocenters. The van der Waals surface area contributed by atoms with Gasteiger partial charge in [-0.05, 0) is 18.4 Å². The van der Waals surface area contributed by atoms with Crippen molar-refractivity contribution in [2.45, 2.75) is 213 Å². The van der Waals surface area contributed by atoms with Crippen LogP contribution >= 0.6 is 0 Å². The Balaban J connectivity index is 1.47. The number of hydrogen-bond donors (Lipinski definition) is 0. The van der Waals surface area contributed by atoms with Crippen LogP contribution in [0.2, 0.25) is 0 Å². The van der Waals surface area contributed by atoms with Crippen LogP contribution in [0.1, 0.15) is 218 Å². The summed E-state index contributed by atoms with van der Waals surface area (Å²) in [5.41, 5.74) is 1.45. The van der Waals surface area contributed by atoms with Crippen molar-refractivity contribution >= 4 is 0 Å². The number of benzene rings is 1. The van der Waals surface area contributed by atoms with Crippen molar-refractivity contribution in [2.75, 3.05) is 13.1 Å². The maximum Gasteiger partial charge on any atom is 0.127 e. The molecule has 1 aromatic rings. The third-order valence-electron chi connectivity index (χ3n) is 10.2. The average molecular weight is 623 g/mol. The van der Waals surface area contributed by atoms with E-state index < -0.39 is 0 Å².